The minimum absolute atomic E-state index is 0.219. The first-order valence-corrected chi connectivity index (χ1v) is 6.50. The summed E-state index contributed by atoms with van der Waals surface area (Å²) < 4.78 is 5.24. The van der Waals surface area contributed by atoms with E-state index >= 15 is 0 Å². The molecule has 0 spiro atoms. The highest BCUT2D eigenvalue weighted by atomic mass is 16.5. The second-order valence-electron chi connectivity index (χ2n) is 4.58. The topological polar surface area (TPSA) is 26.3 Å². The van der Waals surface area contributed by atoms with E-state index in [1.807, 2.05) is 48.5 Å². The molecule has 20 heavy (non-hydrogen) atoms. The lowest BCUT2D eigenvalue weighted by molar-refractivity contribution is 0.0554. The lowest BCUT2D eigenvalue weighted by atomic mass is 9.97. The van der Waals surface area contributed by atoms with Gasteiger partial charge in [-0.3, -0.25) is 0 Å². The summed E-state index contributed by atoms with van der Waals surface area (Å²) in [6.07, 6.45) is 1.57. The molecule has 0 N–H and O–H groups in total. The minimum Gasteiger partial charge on any atom is -0.458 e. The number of hydrogen-bond acceptors (Lipinski definition) is 2. The van der Waals surface area contributed by atoms with Crippen molar-refractivity contribution in [1.29, 1.82) is 0 Å². The zero-order valence-corrected chi connectivity index (χ0v) is 11.0. The van der Waals surface area contributed by atoms with Gasteiger partial charge in [0.2, 0.25) is 0 Å². The van der Waals surface area contributed by atoms with Crippen LogP contribution in [0.25, 0.3) is 21.5 Å². The van der Waals surface area contributed by atoms with Crippen molar-refractivity contribution in [2.75, 3.05) is 6.61 Å². The summed E-state index contributed by atoms with van der Waals surface area (Å²) in [4.78, 5) is 12.4. The quantitative estimate of drug-likeness (QED) is 0.399. The Kier molecular flexibility index (Phi) is 3.21. The Morgan fingerprint density at radius 2 is 1.55 bits per heavy atom. The molecule has 3 aromatic carbocycles. The van der Waals surface area contributed by atoms with Gasteiger partial charge in [0, 0.05) is 0 Å². The predicted octanol–water partition coefficient (Wildman–Crippen LogP) is 4.34. The Morgan fingerprint density at radius 3 is 2.10 bits per heavy atom. The first-order valence-electron chi connectivity index (χ1n) is 6.50. The molecule has 0 aromatic heterocycles. The van der Waals surface area contributed by atoms with Gasteiger partial charge >= 0.3 is 5.97 Å². The molecule has 0 atom stereocenters. The molecular formula is C18H14O2. The molecule has 3 aromatic rings. The first kappa shape index (κ1) is 12.4. The Hall–Kier alpha value is -2.61. The van der Waals surface area contributed by atoms with Crippen molar-refractivity contribution in [3.8, 4) is 0 Å². The van der Waals surface area contributed by atoms with Gasteiger partial charge in [-0.15, -0.1) is 0 Å². The lowest BCUT2D eigenvalue weighted by Crippen LogP contribution is -2.06. The molecule has 0 bridgehead atoms. The average molecular weight is 262 g/mol. The number of fused-ring (bicyclic) bond motifs is 2. The van der Waals surface area contributed by atoms with E-state index in [0.717, 1.165) is 21.5 Å². The predicted molar refractivity (Wildman–Crippen MR) is 81.9 cm³/mol. The minimum atomic E-state index is -0.308. The molecule has 0 aliphatic heterocycles. The van der Waals surface area contributed by atoms with Crippen LogP contribution in [0.1, 0.15) is 10.4 Å². The van der Waals surface area contributed by atoms with Crippen LogP contribution >= 0.6 is 0 Å². The second-order valence-corrected chi connectivity index (χ2v) is 4.58. The largest absolute Gasteiger partial charge is 0.458 e. The summed E-state index contributed by atoms with van der Waals surface area (Å²) >= 11 is 0. The highest BCUT2D eigenvalue weighted by Gasteiger charge is 2.15. The maximum absolute atomic E-state index is 12.4. The number of hydrogen-bond donors (Lipinski definition) is 0. The van der Waals surface area contributed by atoms with Gasteiger partial charge in [0.1, 0.15) is 6.61 Å². The van der Waals surface area contributed by atoms with Gasteiger partial charge < -0.3 is 4.74 Å². The molecule has 0 saturated heterocycles. The fourth-order valence-electron chi connectivity index (χ4n) is 2.44. The molecule has 0 heterocycles. The summed E-state index contributed by atoms with van der Waals surface area (Å²) in [6, 6.07) is 17.8. The summed E-state index contributed by atoms with van der Waals surface area (Å²) in [6.45, 7) is 3.79. The number of carbonyl (C=O) groups is 1. The van der Waals surface area contributed by atoms with Crippen LogP contribution in [0.15, 0.2) is 67.3 Å². The van der Waals surface area contributed by atoms with Gasteiger partial charge in [-0.2, -0.15) is 0 Å². The maximum Gasteiger partial charge on any atom is 0.339 e. The summed E-state index contributed by atoms with van der Waals surface area (Å²) in [7, 11) is 0. The molecule has 0 saturated carbocycles. The molecule has 0 unspecified atom stereocenters. The van der Waals surface area contributed by atoms with Crippen LogP contribution in [-0.4, -0.2) is 12.6 Å². The fourth-order valence-corrected chi connectivity index (χ4v) is 2.44. The molecular weight excluding hydrogens is 248 g/mol. The third-order valence-corrected chi connectivity index (χ3v) is 3.31. The van der Waals surface area contributed by atoms with Gasteiger partial charge in [0.05, 0.1) is 5.56 Å². The van der Waals surface area contributed by atoms with Crippen molar-refractivity contribution >= 4 is 27.5 Å². The van der Waals surface area contributed by atoms with Crippen LogP contribution in [-0.2, 0) is 4.74 Å². The van der Waals surface area contributed by atoms with Gasteiger partial charge in [0.15, 0.2) is 0 Å². The molecule has 2 heteroatoms. The third kappa shape index (κ3) is 2.05. The SMILES string of the molecule is C=CCOC(=O)c1c2ccccc2cc2ccccc12. The number of carbonyl (C=O) groups excluding carboxylic acids is 1. The summed E-state index contributed by atoms with van der Waals surface area (Å²) in [5.74, 6) is -0.308. The van der Waals surface area contributed by atoms with Crippen molar-refractivity contribution in [3.05, 3.63) is 72.8 Å². The van der Waals surface area contributed by atoms with E-state index in [9.17, 15) is 4.79 Å². The van der Waals surface area contributed by atoms with Gasteiger partial charge in [0.25, 0.3) is 0 Å². The molecule has 3 rings (SSSR count). The van der Waals surface area contributed by atoms with E-state index < -0.39 is 0 Å². The van der Waals surface area contributed by atoms with Crippen molar-refractivity contribution in [1.82, 2.24) is 0 Å². The van der Waals surface area contributed by atoms with Gasteiger partial charge in [-0.25, -0.2) is 4.79 Å². The third-order valence-electron chi connectivity index (χ3n) is 3.31. The van der Waals surface area contributed by atoms with Gasteiger partial charge in [-0.1, -0.05) is 61.2 Å². The monoisotopic (exact) mass is 262 g/mol. The number of esters is 1. The Balaban J connectivity index is 2.33. The Bertz CT molecular complexity index is 749. The lowest BCUT2D eigenvalue weighted by Gasteiger charge is -2.10. The molecule has 0 aliphatic carbocycles. The van der Waals surface area contributed by atoms with Crippen LogP contribution in [0.4, 0.5) is 0 Å². The standard InChI is InChI=1S/C18H14O2/c1-2-11-20-18(19)17-15-9-5-3-7-13(15)12-14-8-4-6-10-16(14)17/h2-10,12H,1,11H2. The molecule has 0 fully saturated rings. The molecule has 2 nitrogen and oxygen atoms in total. The summed E-state index contributed by atoms with van der Waals surface area (Å²) in [5, 5.41) is 3.91. The van der Waals surface area contributed by atoms with Crippen LogP contribution in [0.5, 0.6) is 0 Å². The number of benzene rings is 3. The van der Waals surface area contributed by atoms with Crippen LogP contribution < -0.4 is 0 Å². The van der Waals surface area contributed by atoms with Crippen LogP contribution in [0.2, 0.25) is 0 Å². The zero-order valence-electron chi connectivity index (χ0n) is 11.0. The van der Waals surface area contributed by atoms with Crippen molar-refractivity contribution < 1.29 is 9.53 Å². The van der Waals surface area contributed by atoms with E-state index in [-0.39, 0.29) is 12.6 Å². The molecule has 0 radical (unpaired) electrons. The highest BCUT2D eigenvalue weighted by Crippen LogP contribution is 2.28. The van der Waals surface area contributed by atoms with E-state index in [2.05, 4.69) is 12.6 Å². The van der Waals surface area contributed by atoms with E-state index in [1.54, 1.807) is 6.08 Å². The maximum atomic E-state index is 12.4. The van der Waals surface area contributed by atoms with E-state index in [0.29, 0.717) is 5.56 Å². The highest BCUT2D eigenvalue weighted by molar-refractivity contribution is 6.16. The first-order chi connectivity index (χ1) is 9.81. The zero-order chi connectivity index (χ0) is 13.9. The second kappa shape index (κ2) is 5.17. The van der Waals surface area contributed by atoms with E-state index in [4.69, 9.17) is 4.74 Å². The van der Waals surface area contributed by atoms with Crippen molar-refractivity contribution in [3.63, 3.8) is 0 Å². The van der Waals surface area contributed by atoms with Crippen molar-refractivity contribution in [2.24, 2.45) is 0 Å². The Morgan fingerprint density at radius 1 is 1.00 bits per heavy atom. The average Bonchev–Trinajstić information content (AvgIpc) is 2.50. The smallest absolute Gasteiger partial charge is 0.339 e. The normalized spacial score (nSPS) is 10.6. The number of rotatable bonds is 3. The fraction of sp³-hybridized carbons (Fsp3) is 0.0556. The molecule has 0 aliphatic rings. The Labute approximate surface area is 117 Å². The van der Waals surface area contributed by atoms with Crippen LogP contribution in [0, 0.1) is 0 Å². The van der Waals surface area contributed by atoms with E-state index in [1.165, 1.54) is 0 Å². The van der Waals surface area contributed by atoms with Gasteiger partial charge in [-0.05, 0) is 27.6 Å². The summed E-state index contributed by atoms with van der Waals surface area (Å²) in [5.41, 5.74) is 0.626. The van der Waals surface area contributed by atoms with Crippen LogP contribution in [0.3, 0.4) is 0 Å². The number of ether oxygens (including phenoxy) is 1. The van der Waals surface area contributed by atoms with Crippen molar-refractivity contribution in [2.45, 2.75) is 0 Å². The molecule has 0 amide bonds. The molecule has 98 valence electrons.